The Hall–Kier alpha value is -3.75. The zero-order chi connectivity index (χ0) is 20.5. The predicted molar refractivity (Wildman–Crippen MR) is 104 cm³/mol. The maximum Gasteiger partial charge on any atom is 0.335 e. The molecule has 1 aromatic heterocycles. The van der Waals surface area contributed by atoms with Crippen LogP contribution < -0.4 is 4.90 Å². The molecule has 1 aliphatic heterocycles. The van der Waals surface area contributed by atoms with E-state index >= 15 is 0 Å². The lowest BCUT2D eigenvalue weighted by Crippen LogP contribution is -2.39. The van der Waals surface area contributed by atoms with Crippen LogP contribution in [-0.4, -0.2) is 50.4 Å². The van der Waals surface area contributed by atoms with Crippen molar-refractivity contribution in [3.05, 3.63) is 59.3 Å². The zero-order valence-corrected chi connectivity index (χ0v) is 15.9. The molecular formula is C20H19N5O4. The lowest BCUT2D eigenvalue weighted by atomic mass is 9.91. The fraction of sp³-hybridized carbons (Fsp3) is 0.250. The molecule has 1 unspecified atom stereocenters. The second-order valence-corrected chi connectivity index (χ2v) is 6.59. The van der Waals surface area contributed by atoms with Gasteiger partial charge in [-0.25, -0.2) is 4.79 Å². The van der Waals surface area contributed by atoms with Crippen LogP contribution in [0.3, 0.4) is 0 Å². The number of nitrogens with zero attached hydrogens (tertiary/aromatic N) is 5. The molecule has 0 aliphatic carbocycles. The fourth-order valence-corrected chi connectivity index (χ4v) is 3.72. The maximum absolute atomic E-state index is 12.3. The Bertz CT molecular complexity index is 1130. The number of tetrazole rings is 1. The van der Waals surface area contributed by atoms with Gasteiger partial charge in [0.05, 0.1) is 12.2 Å². The summed E-state index contributed by atoms with van der Waals surface area (Å²) in [6.07, 6.45) is 0. The number of aromatic nitrogens is 4. The van der Waals surface area contributed by atoms with Gasteiger partial charge in [-0.15, -0.1) is 0 Å². The Morgan fingerprint density at radius 2 is 1.93 bits per heavy atom. The fourth-order valence-electron chi connectivity index (χ4n) is 3.72. The molecule has 4 rings (SSSR count). The van der Waals surface area contributed by atoms with E-state index in [4.69, 9.17) is 4.74 Å². The van der Waals surface area contributed by atoms with Crippen molar-refractivity contribution in [2.45, 2.75) is 19.9 Å². The van der Waals surface area contributed by atoms with E-state index in [1.807, 2.05) is 42.5 Å². The summed E-state index contributed by atoms with van der Waals surface area (Å²) in [4.78, 5) is 25.8. The van der Waals surface area contributed by atoms with Crippen molar-refractivity contribution < 1.29 is 19.4 Å². The summed E-state index contributed by atoms with van der Waals surface area (Å²) in [6, 6.07) is 12.7. The molecule has 0 spiro atoms. The Kier molecular flexibility index (Phi) is 4.71. The Labute approximate surface area is 166 Å². The molecule has 0 radical (unpaired) electrons. The van der Waals surface area contributed by atoms with Gasteiger partial charge in [-0.1, -0.05) is 47.6 Å². The molecule has 0 fully saturated rings. The molecule has 0 bridgehead atoms. The van der Waals surface area contributed by atoms with Gasteiger partial charge in [0, 0.05) is 5.70 Å². The number of fused-ring (bicyclic) bond motifs is 2. The van der Waals surface area contributed by atoms with E-state index in [9.17, 15) is 14.7 Å². The number of anilines is 1. The number of allylic oxidation sites excluding steroid dienone is 1. The van der Waals surface area contributed by atoms with Gasteiger partial charge in [0.15, 0.2) is 0 Å². The Morgan fingerprint density at radius 1 is 1.17 bits per heavy atom. The number of ether oxygens (including phenoxy) is 1. The SMILES string of the molecule is CCOC(=O)CN1C(C)=C(C(=O)O)C(c2cccc3ccccc23)n2nnnc21. The van der Waals surface area contributed by atoms with Gasteiger partial charge in [0.1, 0.15) is 12.6 Å². The lowest BCUT2D eigenvalue weighted by Gasteiger charge is -2.33. The van der Waals surface area contributed by atoms with Gasteiger partial charge in [-0.2, -0.15) is 4.68 Å². The maximum atomic E-state index is 12.3. The number of aliphatic carboxylic acids is 1. The van der Waals surface area contributed by atoms with Crippen LogP contribution in [0.5, 0.6) is 0 Å². The van der Waals surface area contributed by atoms with Gasteiger partial charge in [0.2, 0.25) is 0 Å². The van der Waals surface area contributed by atoms with Crippen LogP contribution in [0.25, 0.3) is 10.8 Å². The van der Waals surface area contributed by atoms with E-state index in [0.29, 0.717) is 11.6 Å². The average Bonchev–Trinajstić information content (AvgIpc) is 3.19. The minimum atomic E-state index is -1.10. The zero-order valence-electron chi connectivity index (χ0n) is 15.9. The highest BCUT2D eigenvalue weighted by Crippen LogP contribution is 2.39. The van der Waals surface area contributed by atoms with Crippen LogP contribution in [0.1, 0.15) is 25.5 Å². The van der Waals surface area contributed by atoms with Crippen LogP contribution in [0.4, 0.5) is 5.95 Å². The first-order valence-corrected chi connectivity index (χ1v) is 9.15. The number of carboxylic acids is 1. The molecular weight excluding hydrogens is 374 g/mol. The van der Waals surface area contributed by atoms with Crippen LogP contribution in [-0.2, 0) is 14.3 Å². The van der Waals surface area contributed by atoms with Crippen molar-refractivity contribution in [1.29, 1.82) is 0 Å². The number of rotatable bonds is 5. The molecule has 1 aliphatic rings. The third-order valence-electron chi connectivity index (χ3n) is 4.97. The van der Waals surface area contributed by atoms with Crippen molar-refractivity contribution in [1.82, 2.24) is 20.2 Å². The van der Waals surface area contributed by atoms with Crippen LogP contribution >= 0.6 is 0 Å². The van der Waals surface area contributed by atoms with Crippen molar-refractivity contribution in [3.63, 3.8) is 0 Å². The van der Waals surface area contributed by atoms with Gasteiger partial charge < -0.3 is 14.7 Å². The van der Waals surface area contributed by atoms with Gasteiger partial charge in [-0.05, 0) is 40.6 Å². The van der Waals surface area contributed by atoms with E-state index in [1.165, 1.54) is 9.58 Å². The van der Waals surface area contributed by atoms with Crippen molar-refractivity contribution in [2.75, 3.05) is 18.1 Å². The highest BCUT2D eigenvalue weighted by Gasteiger charge is 2.39. The van der Waals surface area contributed by atoms with Crippen LogP contribution in [0.15, 0.2) is 53.7 Å². The lowest BCUT2D eigenvalue weighted by molar-refractivity contribution is -0.141. The largest absolute Gasteiger partial charge is 0.478 e. The smallest absolute Gasteiger partial charge is 0.335 e. The second-order valence-electron chi connectivity index (χ2n) is 6.59. The Balaban J connectivity index is 1.92. The van der Waals surface area contributed by atoms with Gasteiger partial charge in [-0.3, -0.25) is 4.79 Å². The molecule has 148 valence electrons. The molecule has 0 amide bonds. The van der Waals surface area contributed by atoms with E-state index < -0.39 is 18.0 Å². The number of esters is 1. The van der Waals surface area contributed by atoms with Crippen molar-refractivity contribution >= 4 is 28.7 Å². The number of carbonyl (C=O) groups excluding carboxylic acids is 1. The summed E-state index contributed by atoms with van der Waals surface area (Å²) in [7, 11) is 0. The highest BCUT2D eigenvalue weighted by atomic mass is 16.5. The molecule has 0 saturated carbocycles. The molecule has 2 aromatic carbocycles. The summed E-state index contributed by atoms with van der Waals surface area (Å²) in [6.45, 7) is 3.41. The average molecular weight is 393 g/mol. The van der Waals surface area contributed by atoms with Gasteiger partial charge in [0.25, 0.3) is 5.95 Å². The second kappa shape index (κ2) is 7.34. The van der Waals surface area contributed by atoms with E-state index in [2.05, 4.69) is 15.5 Å². The van der Waals surface area contributed by atoms with Crippen LogP contribution in [0.2, 0.25) is 0 Å². The third kappa shape index (κ3) is 3.10. The molecule has 1 atom stereocenters. The minimum absolute atomic E-state index is 0.102. The van der Waals surface area contributed by atoms with Crippen molar-refractivity contribution in [3.8, 4) is 0 Å². The summed E-state index contributed by atoms with van der Waals surface area (Å²) in [5, 5.41) is 23.8. The topological polar surface area (TPSA) is 110 Å². The standard InChI is InChI=1S/C20H19N5O4/c1-3-29-16(26)11-24-12(2)17(19(27)28)18(25-20(24)21-22-23-25)15-10-6-8-13-7-4-5-9-14(13)15/h4-10,18H,3,11H2,1-2H3,(H,27,28). The minimum Gasteiger partial charge on any atom is -0.478 e. The number of hydrogen-bond donors (Lipinski definition) is 1. The number of benzene rings is 2. The molecule has 9 nitrogen and oxygen atoms in total. The first-order valence-electron chi connectivity index (χ1n) is 9.15. The quantitative estimate of drug-likeness (QED) is 0.657. The van der Waals surface area contributed by atoms with Crippen LogP contribution in [0, 0.1) is 0 Å². The van der Waals surface area contributed by atoms with E-state index in [0.717, 1.165) is 16.3 Å². The highest BCUT2D eigenvalue weighted by molar-refractivity contribution is 5.94. The predicted octanol–water partition coefficient (Wildman–Crippen LogP) is 2.16. The molecule has 0 saturated heterocycles. The molecule has 3 aromatic rings. The first kappa shape index (κ1) is 18.6. The molecule has 1 N–H and O–H groups in total. The van der Waals surface area contributed by atoms with Gasteiger partial charge >= 0.3 is 11.9 Å². The summed E-state index contributed by atoms with van der Waals surface area (Å²) >= 11 is 0. The molecule has 9 heteroatoms. The van der Waals surface area contributed by atoms with E-state index in [1.54, 1.807) is 13.8 Å². The summed E-state index contributed by atoms with van der Waals surface area (Å²) in [5.74, 6) is -1.30. The Morgan fingerprint density at radius 3 is 2.69 bits per heavy atom. The summed E-state index contributed by atoms with van der Waals surface area (Å²) < 4.78 is 6.46. The third-order valence-corrected chi connectivity index (χ3v) is 4.97. The van der Waals surface area contributed by atoms with Crippen molar-refractivity contribution in [2.24, 2.45) is 0 Å². The molecule has 2 heterocycles. The molecule has 29 heavy (non-hydrogen) atoms. The monoisotopic (exact) mass is 393 g/mol. The number of hydrogen-bond acceptors (Lipinski definition) is 7. The van der Waals surface area contributed by atoms with E-state index in [-0.39, 0.29) is 18.7 Å². The first-order chi connectivity index (χ1) is 14.0. The number of carboxylic acid groups (broad SMARTS) is 1. The number of carbonyl (C=O) groups is 2. The summed E-state index contributed by atoms with van der Waals surface area (Å²) in [5.41, 5.74) is 1.26. The normalized spacial score (nSPS) is 16.1.